The fraction of sp³-hybridized carbons (Fsp3) is 0.462. The van der Waals surface area contributed by atoms with Crippen molar-refractivity contribution in [1.82, 2.24) is 0 Å². The van der Waals surface area contributed by atoms with E-state index in [1.54, 1.807) is 0 Å². The standard InChI is InChI=1S/C26H30O6/c1-3-29-13-15-31-25(27)23-21-17-9-5-7-11-19(17)22(20-12-8-6-10-18(20)21)24(23)26(28)32-16-14-30-4-2/h5-12,21-24H,3-4,13-16H2,1-2H3/t21?,22?,23-,24-/m1/s1. The number of hydrogen-bond donors (Lipinski definition) is 0. The topological polar surface area (TPSA) is 71.1 Å². The molecule has 5 rings (SSSR count). The van der Waals surface area contributed by atoms with Crippen molar-refractivity contribution in [3.63, 3.8) is 0 Å². The smallest absolute Gasteiger partial charge is 0.310 e. The van der Waals surface area contributed by atoms with Crippen molar-refractivity contribution in [2.24, 2.45) is 11.8 Å². The van der Waals surface area contributed by atoms with Crippen molar-refractivity contribution < 1.29 is 28.5 Å². The van der Waals surface area contributed by atoms with Crippen molar-refractivity contribution in [1.29, 1.82) is 0 Å². The predicted molar refractivity (Wildman–Crippen MR) is 118 cm³/mol. The van der Waals surface area contributed by atoms with Gasteiger partial charge in [0.25, 0.3) is 0 Å². The van der Waals surface area contributed by atoms with Gasteiger partial charge in [0.05, 0.1) is 25.0 Å². The third-order valence-corrected chi connectivity index (χ3v) is 6.33. The molecule has 32 heavy (non-hydrogen) atoms. The van der Waals surface area contributed by atoms with Crippen LogP contribution in [0.15, 0.2) is 48.5 Å². The lowest BCUT2D eigenvalue weighted by molar-refractivity contribution is -0.165. The molecule has 0 aliphatic heterocycles. The summed E-state index contributed by atoms with van der Waals surface area (Å²) in [4.78, 5) is 26.7. The Kier molecular flexibility index (Phi) is 7.22. The first-order valence-corrected chi connectivity index (χ1v) is 11.3. The fourth-order valence-electron chi connectivity index (χ4n) is 5.13. The Morgan fingerprint density at radius 1 is 0.625 bits per heavy atom. The Bertz CT molecular complexity index is 831. The quantitative estimate of drug-likeness (QED) is 0.416. The zero-order valence-corrected chi connectivity index (χ0v) is 18.6. The lowest BCUT2D eigenvalue weighted by atomic mass is 9.54. The number of carbonyl (C=O) groups excluding carboxylic acids is 2. The molecule has 6 nitrogen and oxygen atoms in total. The second-order valence-corrected chi connectivity index (χ2v) is 7.99. The van der Waals surface area contributed by atoms with E-state index in [2.05, 4.69) is 24.3 Å². The van der Waals surface area contributed by atoms with Gasteiger partial charge in [-0.3, -0.25) is 9.59 Å². The molecule has 2 aromatic rings. The minimum atomic E-state index is -0.647. The van der Waals surface area contributed by atoms with Crippen LogP contribution in [0, 0.1) is 11.8 Å². The van der Waals surface area contributed by atoms with Crippen LogP contribution in [0.1, 0.15) is 47.9 Å². The molecule has 0 N–H and O–H groups in total. The van der Waals surface area contributed by atoms with Crippen LogP contribution in [0.5, 0.6) is 0 Å². The summed E-state index contributed by atoms with van der Waals surface area (Å²) in [6.45, 7) is 5.89. The van der Waals surface area contributed by atoms with Gasteiger partial charge in [-0.1, -0.05) is 48.5 Å². The Morgan fingerprint density at radius 2 is 0.969 bits per heavy atom. The summed E-state index contributed by atoms with van der Waals surface area (Å²) in [5.74, 6) is -2.56. The van der Waals surface area contributed by atoms with E-state index in [0.29, 0.717) is 26.4 Å². The molecule has 3 aliphatic rings. The van der Waals surface area contributed by atoms with Gasteiger partial charge in [0.2, 0.25) is 0 Å². The molecule has 2 atom stereocenters. The second-order valence-electron chi connectivity index (χ2n) is 7.99. The number of benzene rings is 2. The Balaban J connectivity index is 1.70. The highest BCUT2D eigenvalue weighted by Crippen LogP contribution is 2.58. The molecule has 6 heteroatoms. The average molecular weight is 439 g/mol. The average Bonchev–Trinajstić information content (AvgIpc) is 2.83. The van der Waals surface area contributed by atoms with Crippen molar-refractivity contribution in [3.05, 3.63) is 70.8 Å². The summed E-state index contributed by atoms with van der Waals surface area (Å²) >= 11 is 0. The van der Waals surface area contributed by atoms with Gasteiger partial charge in [-0.05, 0) is 36.1 Å². The number of rotatable bonds is 10. The summed E-state index contributed by atoms with van der Waals surface area (Å²) in [6, 6.07) is 16.1. The van der Waals surface area contributed by atoms with Crippen LogP contribution < -0.4 is 0 Å². The summed E-state index contributed by atoms with van der Waals surface area (Å²) in [5, 5.41) is 0. The lowest BCUT2D eigenvalue weighted by Gasteiger charge is -2.48. The molecule has 0 fully saturated rings. The first kappa shape index (κ1) is 22.5. The largest absolute Gasteiger partial charge is 0.463 e. The molecule has 0 saturated heterocycles. The van der Waals surface area contributed by atoms with Crippen LogP contribution in [0.2, 0.25) is 0 Å². The second kappa shape index (κ2) is 10.3. The number of esters is 2. The van der Waals surface area contributed by atoms with E-state index in [9.17, 15) is 9.59 Å². The van der Waals surface area contributed by atoms with E-state index in [1.165, 1.54) is 0 Å². The number of ether oxygens (including phenoxy) is 4. The molecular formula is C26H30O6. The van der Waals surface area contributed by atoms with E-state index in [-0.39, 0.29) is 37.0 Å². The van der Waals surface area contributed by atoms with Gasteiger partial charge in [0, 0.05) is 25.0 Å². The van der Waals surface area contributed by atoms with Crippen LogP contribution in [0.3, 0.4) is 0 Å². The highest BCUT2D eigenvalue weighted by Gasteiger charge is 2.56. The van der Waals surface area contributed by atoms with E-state index >= 15 is 0 Å². The molecule has 2 aromatic carbocycles. The van der Waals surface area contributed by atoms with E-state index in [4.69, 9.17) is 18.9 Å². The van der Waals surface area contributed by atoms with Gasteiger partial charge < -0.3 is 18.9 Å². The molecule has 0 saturated carbocycles. The molecule has 0 amide bonds. The van der Waals surface area contributed by atoms with Gasteiger partial charge in [-0.2, -0.15) is 0 Å². The van der Waals surface area contributed by atoms with E-state index in [1.807, 2.05) is 38.1 Å². The molecule has 0 spiro atoms. The van der Waals surface area contributed by atoms with Crippen LogP contribution in [0.4, 0.5) is 0 Å². The van der Waals surface area contributed by atoms with Crippen molar-refractivity contribution in [3.8, 4) is 0 Å². The van der Waals surface area contributed by atoms with Gasteiger partial charge in [-0.25, -0.2) is 0 Å². The highest BCUT2D eigenvalue weighted by molar-refractivity contribution is 5.88. The third kappa shape index (κ3) is 4.17. The molecular weight excluding hydrogens is 408 g/mol. The maximum Gasteiger partial charge on any atom is 0.310 e. The summed E-state index contributed by atoms with van der Waals surface area (Å²) in [7, 11) is 0. The lowest BCUT2D eigenvalue weighted by Crippen LogP contribution is -2.48. The van der Waals surface area contributed by atoms with E-state index < -0.39 is 11.8 Å². The highest BCUT2D eigenvalue weighted by atomic mass is 16.6. The first-order valence-electron chi connectivity index (χ1n) is 11.3. The van der Waals surface area contributed by atoms with E-state index in [0.717, 1.165) is 22.3 Å². The SMILES string of the molecule is CCOCCOC(=O)[C@@H]1C2c3ccccc3C(c3ccccc32)[C@H]1C(=O)OCCOCC. The molecule has 0 unspecified atom stereocenters. The van der Waals surface area contributed by atoms with Gasteiger partial charge in [0.15, 0.2) is 0 Å². The van der Waals surface area contributed by atoms with Gasteiger partial charge in [-0.15, -0.1) is 0 Å². The zero-order chi connectivity index (χ0) is 22.5. The predicted octanol–water partition coefficient (Wildman–Crippen LogP) is 3.67. The minimum Gasteiger partial charge on any atom is -0.463 e. The minimum absolute atomic E-state index is 0.163. The normalized spacial score (nSPS) is 22.7. The fourth-order valence-corrected chi connectivity index (χ4v) is 5.13. The number of carbonyl (C=O) groups is 2. The molecule has 170 valence electrons. The molecule has 2 bridgehead atoms. The monoisotopic (exact) mass is 438 g/mol. The van der Waals surface area contributed by atoms with Crippen molar-refractivity contribution in [2.75, 3.05) is 39.6 Å². The number of fused-ring (bicyclic) bond motifs is 1. The van der Waals surface area contributed by atoms with Crippen molar-refractivity contribution in [2.45, 2.75) is 25.7 Å². The van der Waals surface area contributed by atoms with Crippen LogP contribution in [-0.4, -0.2) is 51.6 Å². The van der Waals surface area contributed by atoms with Crippen LogP contribution >= 0.6 is 0 Å². The van der Waals surface area contributed by atoms with Gasteiger partial charge >= 0.3 is 11.9 Å². The molecule has 0 heterocycles. The molecule has 0 radical (unpaired) electrons. The Morgan fingerprint density at radius 3 is 1.28 bits per heavy atom. The Labute approximate surface area is 188 Å². The van der Waals surface area contributed by atoms with Crippen molar-refractivity contribution >= 4 is 11.9 Å². The molecule has 0 aromatic heterocycles. The maximum atomic E-state index is 13.4. The zero-order valence-electron chi connectivity index (χ0n) is 18.6. The van der Waals surface area contributed by atoms with Crippen LogP contribution in [0.25, 0.3) is 0 Å². The van der Waals surface area contributed by atoms with Gasteiger partial charge in [0.1, 0.15) is 13.2 Å². The summed E-state index contributed by atoms with van der Waals surface area (Å²) in [5.41, 5.74) is 4.34. The first-order chi connectivity index (χ1) is 15.7. The van der Waals surface area contributed by atoms with Crippen LogP contribution in [-0.2, 0) is 28.5 Å². The number of hydrogen-bond acceptors (Lipinski definition) is 6. The summed E-state index contributed by atoms with van der Waals surface area (Å²) in [6.07, 6.45) is 0. The third-order valence-electron chi connectivity index (χ3n) is 6.33. The molecule has 3 aliphatic carbocycles. The summed E-state index contributed by atoms with van der Waals surface area (Å²) < 4.78 is 21.8. The Hall–Kier alpha value is -2.70. The maximum absolute atomic E-state index is 13.4.